The number of rotatable bonds is 7. The molecule has 0 saturated carbocycles. The van der Waals surface area contributed by atoms with Gasteiger partial charge in [0.05, 0.1) is 7.11 Å². The van der Waals surface area contributed by atoms with E-state index in [4.69, 9.17) is 4.74 Å². The molecule has 0 spiro atoms. The van der Waals surface area contributed by atoms with Crippen LogP contribution in [0.3, 0.4) is 0 Å². The Hall–Kier alpha value is -1.84. The molecule has 0 atom stereocenters. The summed E-state index contributed by atoms with van der Waals surface area (Å²) in [5.41, 5.74) is 3.97. The van der Waals surface area contributed by atoms with E-state index < -0.39 is 0 Å². The van der Waals surface area contributed by atoms with E-state index in [0.717, 1.165) is 25.4 Å². The summed E-state index contributed by atoms with van der Waals surface area (Å²) in [6.07, 6.45) is 0. The van der Waals surface area contributed by atoms with Crippen molar-refractivity contribution in [1.29, 1.82) is 0 Å². The first kappa shape index (κ1) is 15.5. The average molecular weight is 284 g/mol. The van der Waals surface area contributed by atoms with Gasteiger partial charge >= 0.3 is 0 Å². The minimum Gasteiger partial charge on any atom is -0.497 e. The fourth-order valence-corrected chi connectivity index (χ4v) is 2.45. The maximum atomic E-state index is 5.19. The molecule has 112 valence electrons. The zero-order chi connectivity index (χ0) is 15.1. The van der Waals surface area contributed by atoms with Crippen molar-refractivity contribution in [3.05, 3.63) is 65.2 Å². The van der Waals surface area contributed by atoms with Crippen LogP contribution in [-0.4, -0.2) is 26.1 Å². The lowest BCUT2D eigenvalue weighted by atomic mass is 10.1. The van der Waals surface area contributed by atoms with Gasteiger partial charge in [0.25, 0.3) is 0 Å². The van der Waals surface area contributed by atoms with Gasteiger partial charge in [0.15, 0.2) is 0 Å². The molecular weight excluding hydrogens is 260 g/mol. The molecule has 0 saturated heterocycles. The van der Waals surface area contributed by atoms with E-state index in [9.17, 15) is 0 Å². The number of hydrogen-bond donors (Lipinski definition) is 1. The van der Waals surface area contributed by atoms with Crippen molar-refractivity contribution in [3.63, 3.8) is 0 Å². The van der Waals surface area contributed by atoms with Gasteiger partial charge in [0.1, 0.15) is 5.75 Å². The standard InChI is InChI=1S/C18H24N2O/c1-19-12-16-5-4-6-17(11-16)14-20(2)13-15-7-9-18(21-3)10-8-15/h4-11,19H,12-14H2,1-3H3. The molecule has 3 heteroatoms. The van der Waals surface area contributed by atoms with Crippen molar-refractivity contribution in [2.24, 2.45) is 0 Å². The molecular formula is C18H24N2O. The Morgan fingerprint density at radius 1 is 0.952 bits per heavy atom. The zero-order valence-corrected chi connectivity index (χ0v) is 13.1. The highest BCUT2D eigenvalue weighted by atomic mass is 16.5. The van der Waals surface area contributed by atoms with Gasteiger partial charge in [0, 0.05) is 19.6 Å². The normalized spacial score (nSPS) is 10.9. The molecule has 0 heterocycles. The first-order valence-electron chi connectivity index (χ1n) is 7.25. The van der Waals surface area contributed by atoms with Crippen LogP contribution >= 0.6 is 0 Å². The number of hydrogen-bond acceptors (Lipinski definition) is 3. The second-order valence-electron chi connectivity index (χ2n) is 5.37. The molecule has 0 unspecified atom stereocenters. The molecule has 2 rings (SSSR count). The van der Waals surface area contributed by atoms with Crippen LogP contribution in [0, 0.1) is 0 Å². The summed E-state index contributed by atoms with van der Waals surface area (Å²) in [4.78, 5) is 2.32. The number of ether oxygens (including phenoxy) is 1. The van der Waals surface area contributed by atoms with E-state index in [1.807, 2.05) is 19.2 Å². The molecule has 2 aromatic rings. The minimum absolute atomic E-state index is 0.904. The molecule has 21 heavy (non-hydrogen) atoms. The Balaban J connectivity index is 1.94. The molecule has 3 nitrogen and oxygen atoms in total. The first-order chi connectivity index (χ1) is 10.2. The number of methoxy groups -OCH3 is 1. The number of benzene rings is 2. The highest BCUT2D eigenvalue weighted by molar-refractivity contribution is 5.27. The van der Waals surface area contributed by atoms with Crippen LogP contribution in [0.2, 0.25) is 0 Å². The fourth-order valence-electron chi connectivity index (χ4n) is 2.45. The van der Waals surface area contributed by atoms with Crippen LogP contribution in [0.5, 0.6) is 5.75 Å². The van der Waals surface area contributed by atoms with E-state index in [2.05, 4.69) is 53.7 Å². The second kappa shape index (κ2) is 7.81. The van der Waals surface area contributed by atoms with Gasteiger partial charge in [-0.2, -0.15) is 0 Å². The van der Waals surface area contributed by atoms with Crippen molar-refractivity contribution in [3.8, 4) is 5.75 Å². The van der Waals surface area contributed by atoms with Gasteiger partial charge < -0.3 is 10.1 Å². The molecule has 0 radical (unpaired) electrons. The molecule has 1 N–H and O–H groups in total. The van der Waals surface area contributed by atoms with Gasteiger partial charge in [0.2, 0.25) is 0 Å². The predicted octanol–water partition coefficient (Wildman–Crippen LogP) is 3.05. The molecule has 0 aliphatic carbocycles. The Morgan fingerprint density at radius 2 is 1.62 bits per heavy atom. The second-order valence-corrected chi connectivity index (χ2v) is 5.37. The summed E-state index contributed by atoms with van der Waals surface area (Å²) in [5, 5.41) is 3.19. The maximum absolute atomic E-state index is 5.19. The van der Waals surface area contributed by atoms with Crippen LogP contribution in [0.15, 0.2) is 48.5 Å². The summed E-state index contributed by atoms with van der Waals surface area (Å²) < 4.78 is 5.19. The summed E-state index contributed by atoms with van der Waals surface area (Å²) in [5.74, 6) is 0.904. The largest absolute Gasteiger partial charge is 0.497 e. The molecule has 0 aliphatic heterocycles. The van der Waals surface area contributed by atoms with Gasteiger partial charge in [-0.25, -0.2) is 0 Å². The number of nitrogens with one attached hydrogen (secondary N) is 1. The monoisotopic (exact) mass is 284 g/mol. The van der Waals surface area contributed by atoms with Crippen molar-refractivity contribution in [2.75, 3.05) is 21.2 Å². The highest BCUT2D eigenvalue weighted by Gasteiger charge is 2.03. The van der Waals surface area contributed by atoms with Gasteiger partial charge in [-0.3, -0.25) is 4.90 Å². The van der Waals surface area contributed by atoms with E-state index in [0.29, 0.717) is 0 Å². The Morgan fingerprint density at radius 3 is 2.29 bits per heavy atom. The van der Waals surface area contributed by atoms with Gasteiger partial charge in [-0.15, -0.1) is 0 Å². The number of nitrogens with zero attached hydrogens (tertiary/aromatic N) is 1. The summed E-state index contributed by atoms with van der Waals surface area (Å²) >= 11 is 0. The van der Waals surface area contributed by atoms with Crippen LogP contribution < -0.4 is 10.1 Å². The molecule has 0 amide bonds. The summed E-state index contributed by atoms with van der Waals surface area (Å²) in [6, 6.07) is 17.0. The summed E-state index contributed by atoms with van der Waals surface area (Å²) in [7, 11) is 5.82. The molecule has 0 aliphatic rings. The average Bonchev–Trinajstić information content (AvgIpc) is 2.48. The first-order valence-corrected chi connectivity index (χ1v) is 7.25. The van der Waals surface area contributed by atoms with E-state index >= 15 is 0 Å². The Bertz CT molecular complexity index is 551. The summed E-state index contributed by atoms with van der Waals surface area (Å²) in [6.45, 7) is 2.79. The minimum atomic E-state index is 0.904. The lowest BCUT2D eigenvalue weighted by Gasteiger charge is -2.17. The van der Waals surface area contributed by atoms with Crippen LogP contribution in [0.25, 0.3) is 0 Å². The van der Waals surface area contributed by atoms with E-state index in [1.54, 1.807) is 7.11 Å². The van der Waals surface area contributed by atoms with E-state index in [1.165, 1.54) is 16.7 Å². The lowest BCUT2D eigenvalue weighted by molar-refractivity contribution is 0.318. The molecule has 0 fully saturated rings. The van der Waals surface area contributed by atoms with Gasteiger partial charge in [-0.1, -0.05) is 36.4 Å². The van der Waals surface area contributed by atoms with Crippen LogP contribution in [0.1, 0.15) is 16.7 Å². The fraction of sp³-hybridized carbons (Fsp3) is 0.333. The third-order valence-corrected chi connectivity index (χ3v) is 3.44. The third-order valence-electron chi connectivity index (χ3n) is 3.44. The zero-order valence-electron chi connectivity index (χ0n) is 13.1. The quantitative estimate of drug-likeness (QED) is 0.846. The highest BCUT2D eigenvalue weighted by Crippen LogP contribution is 2.14. The van der Waals surface area contributed by atoms with Gasteiger partial charge in [-0.05, 0) is 42.9 Å². The van der Waals surface area contributed by atoms with Crippen LogP contribution in [0.4, 0.5) is 0 Å². The lowest BCUT2D eigenvalue weighted by Crippen LogP contribution is -2.17. The maximum Gasteiger partial charge on any atom is 0.118 e. The van der Waals surface area contributed by atoms with Crippen molar-refractivity contribution in [2.45, 2.75) is 19.6 Å². The smallest absolute Gasteiger partial charge is 0.118 e. The van der Waals surface area contributed by atoms with Crippen LogP contribution in [-0.2, 0) is 19.6 Å². The van der Waals surface area contributed by atoms with Crippen molar-refractivity contribution in [1.82, 2.24) is 10.2 Å². The third kappa shape index (κ3) is 4.88. The SMILES string of the molecule is CNCc1cccc(CN(C)Cc2ccc(OC)cc2)c1. The Labute approximate surface area is 127 Å². The predicted molar refractivity (Wildman–Crippen MR) is 87.4 cm³/mol. The molecule has 0 bridgehead atoms. The Kier molecular flexibility index (Phi) is 5.78. The molecule has 0 aromatic heterocycles. The van der Waals surface area contributed by atoms with Crippen molar-refractivity contribution >= 4 is 0 Å². The van der Waals surface area contributed by atoms with Crippen molar-refractivity contribution < 1.29 is 4.74 Å². The van der Waals surface area contributed by atoms with E-state index in [-0.39, 0.29) is 0 Å². The molecule has 2 aromatic carbocycles. The topological polar surface area (TPSA) is 24.5 Å².